The summed E-state index contributed by atoms with van der Waals surface area (Å²) in [4.78, 5) is 21.4. The predicted molar refractivity (Wildman–Crippen MR) is 119 cm³/mol. The highest BCUT2D eigenvalue weighted by atomic mass is 35.5. The summed E-state index contributed by atoms with van der Waals surface area (Å²) >= 11 is 7.61. The van der Waals surface area contributed by atoms with Crippen molar-refractivity contribution in [1.82, 2.24) is 25.1 Å². The summed E-state index contributed by atoms with van der Waals surface area (Å²) in [5.74, 6) is 1.22. The van der Waals surface area contributed by atoms with Crippen LogP contribution in [0.4, 0.5) is 5.82 Å². The second kappa shape index (κ2) is 9.93. The number of amides is 1. The van der Waals surface area contributed by atoms with Crippen molar-refractivity contribution in [1.29, 1.82) is 0 Å². The molecule has 3 rings (SSSR count). The van der Waals surface area contributed by atoms with E-state index >= 15 is 0 Å². The molecule has 29 heavy (non-hydrogen) atoms. The largest absolute Gasteiger partial charge is 0.369 e. The van der Waals surface area contributed by atoms with Crippen LogP contribution in [0.25, 0.3) is 11.0 Å². The fraction of sp³-hybridized carbons (Fsp3) is 0.400. The molecule has 0 aliphatic carbocycles. The highest BCUT2D eigenvalue weighted by Gasteiger charge is 2.13. The normalized spacial score (nSPS) is 11.2. The van der Waals surface area contributed by atoms with E-state index in [0.29, 0.717) is 29.2 Å². The molecular formula is C20H25ClN6OS. The Kier molecular flexibility index (Phi) is 7.33. The molecule has 0 spiro atoms. The number of nitrogens with zero attached hydrogens (tertiary/aromatic N) is 4. The Bertz CT molecular complexity index is 990. The Morgan fingerprint density at radius 1 is 1.28 bits per heavy atom. The topological polar surface area (TPSA) is 84.7 Å². The number of halogens is 1. The van der Waals surface area contributed by atoms with Gasteiger partial charge in [0, 0.05) is 18.1 Å². The van der Waals surface area contributed by atoms with Gasteiger partial charge in [-0.25, -0.2) is 14.6 Å². The van der Waals surface area contributed by atoms with E-state index in [4.69, 9.17) is 11.6 Å². The van der Waals surface area contributed by atoms with Crippen molar-refractivity contribution in [3.63, 3.8) is 0 Å². The molecule has 0 bridgehead atoms. The quantitative estimate of drug-likeness (QED) is 0.396. The Hall–Kier alpha value is -2.32. The summed E-state index contributed by atoms with van der Waals surface area (Å²) < 4.78 is 1.80. The molecule has 2 heterocycles. The highest BCUT2D eigenvalue weighted by Crippen LogP contribution is 2.23. The standard InChI is InChI=1S/C20H25ClN6OS/c1-13(2)11-23-18-15-12-24-27(19(15)26-20(25-18)29-3)9-8-22-17(28)10-14-6-4-5-7-16(14)21/h4-7,12-13H,8-11H2,1-3H3,(H,22,28)(H,23,25,26). The second-order valence-corrected chi connectivity index (χ2v) is 8.24. The zero-order chi connectivity index (χ0) is 20.8. The van der Waals surface area contributed by atoms with Gasteiger partial charge >= 0.3 is 0 Å². The van der Waals surface area contributed by atoms with E-state index in [1.54, 1.807) is 16.9 Å². The van der Waals surface area contributed by atoms with E-state index in [1.807, 2.05) is 24.5 Å². The van der Waals surface area contributed by atoms with Crippen molar-refractivity contribution in [2.45, 2.75) is 32.0 Å². The van der Waals surface area contributed by atoms with Crippen LogP contribution in [0.15, 0.2) is 35.6 Å². The van der Waals surface area contributed by atoms with Crippen LogP contribution in [0.3, 0.4) is 0 Å². The number of nitrogens with one attached hydrogen (secondary N) is 2. The van der Waals surface area contributed by atoms with Crippen LogP contribution in [0.1, 0.15) is 19.4 Å². The molecule has 1 aromatic carbocycles. The van der Waals surface area contributed by atoms with Crippen molar-refractivity contribution in [2.75, 3.05) is 24.7 Å². The third kappa shape index (κ3) is 5.61. The van der Waals surface area contributed by atoms with Gasteiger partial charge < -0.3 is 10.6 Å². The summed E-state index contributed by atoms with van der Waals surface area (Å²) in [5, 5.41) is 12.9. The van der Waals surface area contributed by atoms with Gasteiger partial charge in [-0.3, -0.25) is 4.79 Å². The molecule has 2 N–H and O–H groups in total. The van der Waals surface area contributed by atoms with Gasteiger partial charge in [0.1, 0.15) is 5.82 Å². The minimum absolute atomic E-state index is 0.0757. The zero-order valence-electron chi connectivity index (χ0n) is 16.8. The van der Waals surface area contributed by atoms with E-state index in [-0.39, 0.29) is 12.3 Å². The first-order chi connectivity index (χ1) is 14.0. The first kappa shape index (κ1) is 21.4. The molecule has 3 aromatic rings. The molecule has 0 radical (unpaired) electrons. The lowest BCUT2D eigenvalue weighted by molar-refractivity contribution is -0.120. The monoisotopic (exact) mass is 432 g/mol. The number of carbonyl (C=O) groups is 1. The SMILES string of the molecule is CSc1nc(NCC(C)C)c2cnn(CCNC(=O)Cc3ccccc3Cl)c2n1. The molecule has 0 saturated carbocycles. The smallest absolute Gasteiger partial charge is 0.224 e. The predicted octanol–water partition coefficient (Wildman–Crippen LogP) is 3.63. The lowest BCUT2D eigenvalue weighted by Gasteiger charge is -2.11. The van der Waals surface area contributed by atoms with Crippen LogP contribution in [0.5, 0.6) is 0 Å². The van der Waals surface area contributed by atoms with E-state index in [2.05, 4.69) is 39.5 Å². The Balaban J connectivity index is 1.66. The number of aromatic nitrogens is 4. The molecule has 0 aliphatic rings. The number of thioether (sulfide) groups is 1. The summed E-state index contributed by atoms with van der Waals surface area (Å²) in [6.07, 6.45) is 3.97. The van der Waals surface area contributed by atoms with Crippen LogP contribution in [-0.4, -0.2) is 45.0 Å². The molecular weight excluding hydrogens is 408 g/mol. The molecule has 1 amide bonds. The van der Waals surface area contributed by atoms with Crippen molar-refractivity contribution in [2.24, 2.45) is 5.92 Å². The third-order valence-electron chi connectivity index (χ3n) is 4.29. The summed E-state index contributed by atoms with van der Waals surface area (Å²) in [6.45, 7) is 6.09. The van der Waals surface area contributed by atoms with Crippen molar-refractivity contribution < 1.29 is 4.79 Å². The van der Waals surface area contributed by atoms with Gasteiger partial charge in [0.15, 0.2) is 10.8 Å². The molecule has 0 fully saturated rings. The molecule has 0 aliphatic heterocycles. The minimum atomic E-state index is -0.0757. The molecule has 2 aromatic heterocycles. The van der Waals surface area contributed by atoms with E-state index in [1.165, 1.54) is 11.8 Å². The molecule has 154 valence electrons. The number of benzene rings is 1. The van der Waals surface area contributed by atoms with Gasteiger partial charge in [-0.1, -0.05) is 55.4 Å². The van der Waals surface area contributed by atoms with Crippen molar-refractivity contribution >= 4 is 46.1 Å². The lowest BCUT2D eigenvalue weighted by Crippen LogP contribution is -2.29. The average molecular weight is 433 g/mol. The van der Waals surface area contributed by atoms with Crippen LogP contribution in [-0.2, 0) is 17.8 Å². The maximum absolute atomic E-state index is 12.2. The van der Waals surface area contributed by atoms with Crippen LogP contribution in [0.2, 0.25) is 5.02 Å². The molecule has 0 atom stereocenters. The van der Waals surface area contributed by atoms with Gasteiger partial charge in [-0.05, 0) is 23.8 Å². The van der Waals surface area contributed by atoms with Gasteiger partial charge in [0.25, 0.3) is 0 Å². The number of hydrogen-bond donors (Lipinski definition) is 2. The first-order valence-corrected chi connectivity index (χ1v) is 11.1. The molecule has 0 saturated heterocycles. The van der Waals surface area contributed by atoms with Crippen molar-refractivity contribution in [3.8, 4) is 0 Å². The Labute approximate surface area is 179 Å². The number of fused-ring (bicyclic) bond motifs is 1. The van der Waals surface area contributed by atoms with Gasteiger partial charge in [0.2, 0.25) is 5.91 Å². The number of anilines is 1. The van der Waals surface area contributed by atoms with Crippen LogP contribution < -0.4 is 10.6 Å². The Morgan fingerprint density at radius 3 is 2.79 bits per heavy atom. The summed E-state index contributed by atoms with van der Waals surface area (Å²) in [6, 6.07) is 7.36. The summed E-state index contributed by atoms with van der Waals surface area (Å²) in [7, 11) is 0. The van der Waals surface area contributed by atoms with E-state index in [0.717, 1.165) is 29.0 Å². The van der Waals surface area contributed by atoms with Gasteiger partial charge in [0.05, 0.1) is 24.5 Å². The third-order valence-corrected chi connectivity index (χ3v) is 5.21. The van der Waals surface area contributed by atoms with E-state index in [9.17, 15) is 4.79 Å². The van der Waals surface area contributed by atoms with Crippen molar-refractivity contribution in [3.05, 3.63) is 41.0 Å². The fourth-order valence-corrected chi connectivity index (χ4v) is 3.37. The maximum atomic E-state index is 12.2. The van der Waals surface area contributed by atoms with Crippen LogP contribution in [0, 0.1) is 5.92 Å². The number of rotatable bonds is 9. The Morgan fingerprint density at radius 2 is 2.07 bits per heavy atom. The second-order valence-electron chi connectivity index (χ2n) is 7.06. The molecule has 9 heteroatoms. The zero-order valence-corrected chi connectivity index (χ0v) is 18.3. The number of carbonyl (C=O) groups excluding carboxylic acids is 1. The summed E-state index contributed by atoms with van der Waals surface area (Å²) in [5.41, 5.74) is 1.57. The molecule has 0 unspecified atom stereocenters. The molecule has 7 nitrogen and oxygen atoms in total. The van der Waals surface area contributed by atoms with Gasteiger partial charge in [-0.15, -0.1) is 0 Å². The maximum Gasteiger partial charge on any atom is 0.224 e. The van der Waals surface area contributed by atoms with Crippen LogP contribution >= 0.6 is 23.4 Å². The fourth-order valence-electron chi connectivity index (χ4n) is 2.80. The minimum Gasteiger partial charge on any atom is -0.369 e. The first-order valence-electron chi connectivity index (χ1n) is 9.49. The lowest BCUT2D eigenvalue weighted by atomic mass is 10.1. The van der Waals surface area contributed by atoms with E-state index < -0.39 is 0 Å². The van der Waals surface area contributed by atoms with Gasteiger partial charge in [-0.2, -0.15) is 5.10 Å². The average Bonchev–Trinajstić information content (AvgIpc) is 3.11. The number of hydrogen-bond acceptors (Lipinski definition) is 6. The highest BCUT2D eigenvalue weighted by molar-refractivity contribution is 7.98.